The normalized spacial score (nSPS) is 12.2. The predicted molar refractivity (Wildman–Crippen MR) is 54.2 cm³/mol. The summed E-state index contributed by atoms with van der Waals surface area (Å²) in [4.78, 5) is 10.6. The van der Waals surface area contributed by atoms with Crippen LogP contribution in [0.1, 0.15) is 11.6 Å². The monoisotopic (exact) mass is 231 g/mol. The van der Waals surface area contributed by atoms with Gasteiger partial charge in [0.15, 0.2) is 11.5 Å². The summed E-state index contributed by atoms with van der Waals surface area (Å²) >= 11 is 5.74. The van der Waals surface area contributed by atoms with Crippen LogP contribution in [0.3, 0.4) is 0 Å². The van der Waals surface area contributed by atoms with Crippen LogP contribution in [0.4, 0.5) is 0 Å². The SMILES string of the molecule is COc1cc([C@H](N)C(=O)O)c(Cl)cc1O. The van der Waals surface area contributed by atoms with Crippen LogP contribution in [0, 0.1) is 0 Å². The Morgan fingerprint density at radius 3 is 2.67 bits per heavy atom. The highest BCUT2D eigenvalue weighted by atomic mass is 35.5. The van der Waals surface area contributed by atoms with Crippen molar-refractivity contribution in [1.29, 1.82) is 0 Å². The molecule has 0 aliphatic carbocycles. The number of carboxylic acids is 1. The summed E-state index contributed by atoms with van der Waals surface area (Å²) in [5.41, 5.74) is 5.58. The van der Waals surface area contributed by atoms with Gasteiger partial charge in [0.25, 0.3) is 0 Å². The topological polar surface area (TPSA) is 92.8 Å². The number of halogens is 1. The van der Waals surface area contributed by atoms with Crippen molar-refractivity contribution in [2.75, 3.05) is 7.11 Å². The molecule has 1 atom stereocenters. The van der Waals surface area contributed by atoms with Crippen LogP contribution < -0.4 is 10.5 Å². The Hall–Kier alpha value is -1.46. The van der Waals surface area contributed by atoms with Gasteiger partial charge >= 0.3 is 5.97 Å². The number of aromatic hydroxyl groups is 1. The molecule has 4 N–H and O–H groups in total. The Labute approximate surface area is 91.0 Å². The fraction of sp³-hybridized carbons (Fsp3) is 0.222. The van der Waals surface area contributed by atoms with Crippen molar-refractivity contribution in [1.82, 2.24) is 0 Å². The number of phenols is 1. The smallest absolute Gasteiger partial charge is 0.325 e. The second-order valence-corrected chi connectivity index (χ2v) is 3.27. The fourth-order valence-corrected chi connectivity index (χ4v) is 1.37. The lowest BCUT2D eigenvalue weighted by Gasteiger charge is -2.11. The Morgan fingerprint density at radius 1 is 1.60 bits per heavy atom. The van der Waals surface area contributed by atoms with E-state index in [1.807, 2.05) is 0 Å². The summed E-state index contributed by atoms with van der Waals surface area (Å²) in [6.07, 6.45) is 0. The fourth-order valence-electron chi connectivity index (χ4n) is 1.09. The molecule has 1 aromatic rings. The zero-order valence-corrected chi connectivity index (χ0v) is 8.65. The molecule has 5 nitrogen and oxygen atoms in total. The first-order chi connectivity index (χ1) is 6.97. The highest BCUT2D eigenvalue weighted by Crippen LogP contribution is 2.34. The molecule has 1 aromatic carbocycles. The third-order valence-electron chi connectivity index (χ3n) is 1.90. The number of nitrogens with two attached hydrogens (primary N) is 1. The summed E-state index contributed by atoms with van der Waals surface area (Å²) in [5.74, 6) is -1.24. The molecule has 0 aromatic heterocycles. The summed E-state index contributed by atoms with van der Waals surface area (Å²) < 4.78 is 4.81. The van der Waals surface area contributed by atoms with E-state index in [2.05, 4.69) is 0 Å². The predicted octanol–water partition coefficient (Wildman–Crippen LogP) is 1.14. The molecule has 0 fully saturated rings. The number of ether oxygens (including phenoxy) is 1. The zero-order valence-electron chi connectivity index (χ0n) is 7.90. The lowest BCUT2D eigenvalue weighted by molar-refractivity contribution is -0.138. The lowest BCUT2D eigenvalue weighted by Crippen LogP contribution is -2.21. The molecular weight excluding hydrogens is 222 g/mol. The van der Waals surface area contributed by atoms with Crippen molar-refractivity contribution in [3.8, 4) is 11.5 Å². The van der Waals surface area contributed by atoms with E-state index < -0.39 is 12.0 Å². The maximum absolute atomic E-state index is 10.6. The van der Waals surface area contributed by atoms with Gasteiger partial charge in [-0.05, 0) is 6.07 Å². The number of aliphatic carboxylic acids is 1. The van der Waals surface area contributed by atoms with E-state index in [0.29, 0.717) is 0 Å². The van der Waals surface area contributed by atoms with Gasteiger partial charge in [0.1, 0.15) is 6.04 Å². The highest BCUT2D eigenvalue weighted by Gasteiger charge is 2.19. The van der Waals surface area contributed by atoms with E-state index in [9.17, 15) is 9.90 Å². The van der Waals surface area contributed by atoms with Gasteiger partial charge in [0.2, 0.25) is 0 Å². The molecule has 0 amide bonds. The zero-order chi connectivity index (χ0) is 11.6. The van der Waals surface area contributed by atoms with Gasteiger partial charge in [-0.25, -0.2) is 0 Å². The molecule has 0 aliphatic rings. The Morgan fingerprint density at radius 2 is 2.20 bits per heavy atom. The number of hydrogen-bond acceptors (Lipinski definition) is 4. The van der Waals surface area contributed by atoms with E-state index in [1.165, 1.54) is 19.2 Å². The number of phenolic OH excluding ortho intramolecular Hbond substituents is 1. The third-order valence-corrected chi connectivity index (χ3v) is 2.23. The minimum Gasteiger partial charge on any atom is -0.504 e. The van der Waals surface area contributed by atoms with Gasteiger partial charge < -0.3 is 20.7 Å². The van der Waals surface area contributed by atoms with Crippen LogP contribution in [0.5, 0.6) is 11.5 Å². The molecule has 6 heteroatoms. The van der Waals surface area contributed by atoms with Crippen LogP contribution in [0.15, 0.2) is 12.1 Å². The van der Waals surface area contributed by atoms with Crippen LogP contribution in [0.2, 0.25) is 5.02 Å². The van der Waals surface area contributed by atoms with Crippen molar-refractivity contribution < 1.29 is 19.7 Å². The molecule has 0 unspecified atom stereocenters. The Balaban J connectivity index is 3.24. The molecule has 0 radical (unpaired) electrons. The summed E-state index contributed by atoms with van der Waals surface area (Å²) in [6.45, 7) is 0. The van der Waals surface area contributed by atoms with Gasteiger partial charge in [0, 0.05) is 16.7 Å². The average Bonchev–Trinajstić information content (AvgIpc) is 2.17. The standard InChI is InChI=1S/C9H10ClNO4/c1-15-7-2-4(8(11)9(13)14)5(10)3-6(7)12/h2-3,8,12H,11H2,1H3,(H,13,14)/t8-/m0/s1. The van der Waals surface area contributed by atoms with Crippen molar-refractivity contribution in [3.63, 3.8) is 0 Å². The maximum Gasteiger partial charge on any atom is 0.325 e. The van der Waals surface area contributed by atoms with Crippen molar-refractivity contribution in [3.05, 3.63) is 22.7 Å². The largest absolute Gasteiger partial charge is 0.504 e. The molecule has 0 aliphatic heterocycles. The average molecular weight is 232 g/mol. The van der Waals surface area contributed by atoms with E-state index >= 15 is 0 Å². The van der Waals surface area contributed by atoms with Crippen LogP contribution in [-0.2, 0) is 4.79 Å². The number of rotatable bonds is 3. The van der Waals surface area contributed by atoms with Crippen LogP contribution in [-0.4, -0.2) is 23.3 Å². The quantitative estimate of drug-likeness (QED) is 0.725. The number of hydrogen-bond donors (Lipinski definition) is 3. The first-order valence-corrected chi connectivity index (χ1v) is 4.40. The van der Waals surface area contributed by atoms with Crippen molar-refractivity contribution in [2.45, 2.75) is 6.04 Å². The Bertz CT molecular complexity index is 394. The molecule has 15 heavy (non-hydrogen) atoms. The van der Waals surface area contributed by atoms with Gasteiger partial charge in [-0.3, -0.25) is 4.79 Å². The minimum atomic E-state index is -1.24. The first-order valence-electron chi connectivity index (χ1n) is 4.02. The molecule has 0 heterocycles. The third kappa shape index (κ3) is 2.31. The summed E-state index contributed by atoms with van der Waals surface area (Å²) in [5, 5.41) is 18.1. The highest BCUT2D eigenvalue weighted by molar-refractivity contribution is 6.31. The van der Waals surface area contributed by atoms with Gasteiger partial charge in [0.05, 0.1) is 7.11 Å². The second kappa shape index (κ2) is 4.37. The van der Waals surface area contributed by atoms with Crippen molar-refractivity contribution >= 4 is 17.6 Å². The summed E-state index contributed by atoms with van der Waals surface area (Å²) in [6, 6.07) is 1.25. The molecule has 0 saturated carbocycles. The number of carbonyl (C=O) groups is 1. The number of benzene rings is 1. The number of carboxylic acid groups (broad SMARTS) is 1. The molecule has 0 saturated heterocycles. The van der Waals surface area contributed by atoms with E-state index in [-0.39, 0.29) is 22.1 Å². The maximum atomic E-state index is 10.6. The van der Waals surface area contributed by atoms with E-state index in [0.717, 1.165) is 0 Å². The first kappa shape index (κ1) is 11.6. The molecule has 1 rings (SSSR count). The molecule has 0 bridgehead atoms. The number of methoxy groups -OCH3 is 1. The van der Waals surface area contributed by atoms with Crippen LogP contribution >= 0.6 is 11.6 Å². The summed E-state index contributed by atoms with van der Waals surface area (Å²) in [7, 11) is 1.35. The van der Waals surface area contributed by atoms with Gasteiger partial charge in [-0.1, -0.05) is 11.6 Å². The molecular formula is C9H10ClNO4. The molecule has 82 valence electrons. The van der Waals surface area contributed by atoms with Gasteiger partial charge in [-0.2, -0.15) is 0 Å². The second-order valence-electron chi connectivity index (χ2n) is 2.86. The Kier molecular flexibility index (Phi) is 3.39. The van der Waals surface area contributed by atoms with E-state index in [1.54, 1.807) is 0 Å². The van der Waals surface area contributed by atoms with Crippen molar-refractivity contribution in [2.24, 2.45) is 5.73 Å². The van der Waals surface area contributed by atoms with E-state index in [4.69, 9.17) is 27.2 Å². The lowest BCUT2D eigenvalue weighted by atomic mass is 10.1. The van der Waals surface area contributed by atoms with Crippen LogP contribution in [0.25, 0.3) is 0 Å². The molecule has 0 spiro atoms. The van der Waals surface area contributed by atoms with Gasteiger partial charge in [-0.15, -0.1) is 0 Å². The minimum absolute atomic E-state index is 0.0863.